The van der Waals surface area contributed by atoms with Crippen LogP contribution in [0.5, 0.6) is 0 Å². The molecule has 2 aromatic carbocycles. The zero-order valence-corrected chi connectivity index (χ0v) is 23.7. The average Bonchev–Trinajstić information content (AvgIpc) is 2.86. The van der Waals surface area contributed by atoms with Gasteiger partial charge in [0.25, 0.3) is 0 Å². The molecule has 0 fully saturated rings. The molecule has 3 amide bonds. The van der Waals surface area contributed by atoms with E-state index in [9.17, 15) is 19.2 Å². The normalized spacial score (nSPS) is 13.5. The van der Waals surface area contributed by atoms with Gasteiger partial charge in [0.2, 0.25) is 11.8 Å². The van der Waals surface area contributed by atoms with E-state index in [0.29, 0.717) is 6.42 Å². The van der Waals surface area contributed by atoms with Gasteiger partial charge in [0.15, 0.2) is 0 Å². The van der Waals surface area contributed by atoms with Crippen LogP contribution in [0, 0.1) is 5.92 Å². The molecular formula is C30H41N3O6. The molecule has 0 aliphatic heterocycles. The molecule has 3 atom stereocenters. The fourth-order valence-corrected chi connectivity index (χ4v) is 3.94. The van der Waals surface area contributed by atoms with Gasteiger partial charge in [-0.3, -0.25) is 9.59 Å². The minimum atomic E-state index is -1.02. The van der Waals surface area contributed by atoms with Gasteiger partial charge in [-0.15, -0.1) is 0 Å². The van der Waals surface area contributed by atoms with Crippen molar-refractivity contribution in [3.8, 4) is 0 Å². The summed E-state index contributed by atoms with van der Waals surface area (Å²) in [7, 11) is 1.27. The molecular weight excluding hydrogens is 498 g/mol. The fourth-order valence-electron chi connectivity index (χ4n) is 3.94. The second kappa shape index (κ2) is 14.9. The molecule has 2 aromatic rings. The number of hydrogen-bond acceptors (Lipinski definition) is 6. The Kier molecular flexibility index (Phi) is 12.0. The molecule has 9 nitrogen and oxygen atoms in total. The van der Waals surface area contributed by atoms with Crippen LogP contribution in [-0.4, -0.2) is 54.7 Å². The van der Waals surface area contributed by atoms with Crippen LogP contribution in [0.3, 0.4) is 0 Å². The Morgan fingerprint density at radius 1 is 0.718 bits per heavy atom. The van der Waals surface area contributed by atoms with Crippen LogP contribution in [0.1, 0.15) is 52.2 Å². The minimum Gasteiger partial charge on any atom is -0.467 e. The lowest BCUT2D eigenvalue weighted by Gasteiger charge is -2.26. The summed E-state index contributed by atoms with van der Waals surface area (Å²) < 4.78 is 10.3. The van der Waals surface area contributed by atoms with Gasteiger partial charge in [0.1, 0.15) is 23.7 Å². The number of alkyl carbamates (subject to hydrolysis) is 1. The molecule has 0 aliphatic carbocycles. The van der Waals surface area contributed by atoms with Crippen LogP contribution >= 0.6 is 0 Å². The zero-order chi connectivity index (χ0) is 29.0. The number of nitrogens with one attached hydrogen (secondary N) is 3. The first kappa shape index (κ1) is 31.3. The van der Waals surface area contributed by atoms with Crippen molar-refractivity contribution in [1.82, 2.24) is 16.0 Å². The molecule has 3 N–H and O–H groups in total. The third-order valence-corrected chi connectivity index (χ3v) is 5.72. The van der Waals surface area contributed by atoms with Gasteiger partial charge in [-0.1, -0.05) is 74.5 Å². The summed E-state index contributed by atoms with van der Waals surface area (Å²) in [6, 6.07) is 15.6. The summed E-state index contributed by atoms with van der Waals surface area (Å²) in [5.41, 5.74) is 0.879. The van der Waals surface area contributed by atoms with Crippen molar-refractivity contribution in [2.75, 3.05) is 7.11 Å². The number of rotatable bonds is 12. The Morgan fingerprint density at radius 3 is 1.56 bits per heavy atom. The van der Waals surface area contributed by atoms with E-state index in [0.717, 1.165) is 11.1 Å². The summed E-state index contributed by atoms with van der Waals surface area (Å²) in [5, 5.41) is 8.19. The second-order valence-electron chi connectivity index (χ2n) is 10.9. The van der Waals surface area contributed by atoms with Crippen LogP contribution in [0.15, 0.2) is 60.7 Å². The molecule has 0 aliphatic rings. The number of benzene rings is 2. The van der Waals surface area contributed by atoms with E-state index in [1.54, 1.807) is 20.8 Å². The Bertz CT molecular complexity index is 1080. The van der Waals surface area contributed by atoms with Gasteiger partial charge >= 0.3 is 12.1 Å². The quantitative estimate of drug-likeness (QED) is 0.355. The summed E-state index contributed by atoms with van der Waals surface area (Å²) in [6.07, 6.45) is -0.00553. The highest BCUT2D eigenvalue weighted by Crippen LogP contribution is 2.11. The second-order valence-corrected chi connectivity index (χ2v) is 10.9. The number of carbonyl (C=O) groups is 4. The summed E-state index contributed by atoms with van der Waals surface area (Å²) >= 11 is 0. The summed E-state index contributed by atoms with van der Waals surface area (Å²) in [5.74, 6) is -1.53. The first-order valence-electron chi connectivity index (χ1n) is 13.1. The SMILES string of the molecule is COC(=O)C(CC(C)C)NC(=O)C(Cc1ccccc1)NC(=O)C(Cc1ccccc1)NC(=O)OC(C)(C)C. The topological polar surface area (TPSA) is 123 Å². The molecule has 0 aromatic heterocycles. The molecule has 0 radical (unpaired) electrons. The monoisotopic (exact) mass is 539 g/mol. The van der Waals surface area contributed by atoms with Crippen molar-refractivity contribution in [2.45, 2.75) is 77.6 Å². The standard InChI is InChI=1S/C30H41N3O6/c1-20(2)17-25(28(36)38-6)32-26(34)23(18-21-13-9-7-10-14-21)31-27(35)24(19-22-15-11-8-12-16-22)33-29(37)39-30(3,4)5/h7-16,20,23-25H,17-19H2,1-6H3,(H,31,35)(H,32,34)(H,33,37). The van der Waals surface area contributed by atoms with Gasteiger partial charge in [0, 0.05) is 12.8 Å². The van der Waals surface area contributed by atoms with E-state index in [1.807, 2.05) is 74.5 Å². The van der Waals surface area contributed by atoms with Crippen molar-refractivity contribution >= 4 is 23.9 Å². The Balaban J connectivity index is 2.30. The number of ether oxygens (including phenoxy) is 2. The summed E-state index contributed by atoms with van der Waals surface area (Å²) in [6.45, 7) is 9.06. The molecule has 0 bridgehead atoms. The highest BCUT2D eigenvalue weighted by molar-refractivity contribution is 5.93. The molecule has 2 rings (SSSR count). The maximum atomic E-state index is 13.6. The van der Waals surface area contributed by atoms with Gasteiger partial charge < -0.3 is 25.4 Å². The number of hydrogen-bond donors (Lipinski definition) is 3. The molecule has 0 saturated carbocycles. The zero-order valence-electron chi connectivity index (χ0n) is 23.7. The van der Waals surface area contributed by atoms with Gasteiger partial charge in [-0.2, -0.15) is 0 Å². The van der Waals surface area contributed by atoms with Gasteiger partial charge in [0.05, 0.1) is 7.11 Å². The Morgan fingerprint density at radius 2 is 1.15 bits per heavy atom. The molecule has 9 heteroatoms. The number of amides is 3. The molecule has 212 valence electrons. The number of carbonyl (C=O) groups excluding carboxylic acids is 4. The van der Waals surface area contributed by atoms with Crippen LogP contribution in [0.4, 0.5) is 4.79 Å². The maximum Gasteiger partial charge on any atom is 0.408 e. The molecule has 3 unspecified atom stereocenters. The predicted molar refractivity (Wildman–Crippen MR) is 149 cm³/mol. The van der Waals surface area contributed by atoms with Gasteiger partial charge in [-0.25, -0.2) is 9.59 Å². The lowest BCUT2D eigenvalue weighted by molar-refractivity contribution is -0.145. The largest absolute Gasteiger partial charge is 0.467 e. The molecule has 0 spiro atoms. The fraction of sp³-hybridized carbons (Fsp3) is 0.467. The van der Waals surface area contributed by atoms with Crippen molar-refractivity contribution in [1.29, 1.82) is 0 Å². The smallest absolute Gasteiger partial charge is 0.408 e. The number of methoxy groups -OCH3 is 1. The van der Waals surface area contributed by atoms with Crippen molar-refractivity contribution in [3.63, 3.8) is 0 Å². The summed E-state index contributed by atoms with van der Waals surface area (Å²) in [4.78, 5) is 51.9. The van der Waals surface area contributed by atoms with Crippen molar-refractivity contribution < 1.29 is 28.7 Å². The molecule has 0 heterocycles. The van der Waals surface area contributed by atoms with E-state index < -0.39 is 47.6 Å². The average molecular weight is 540 g/mol. The van der Waals surface area contributed by atoms with E-state index in [-0.39, 0.29) is 18.8 Å². The first-order chi connectivity index (χ1) is 18.4. The highest BCUT2D eigenvalue weighted by atomic mass is 16.6. The van der Waals surface area contributed by atoms with E-state index in [2.05, 4.69) is 16.0 Å². The lowest BCUT2D eigenvalue weighted by Crippen LogP contribution is -2.57. The molecule has 39 heavy (non-hydrogen) atoms. The van der Waals surface area contributed by atoms with E-state index in [1.165, 1.54) is 7.11 Å². The van der Waals surface area contributed by atoms with Gasteiger partial charge in [-0.05, 0) is 44.2 Å². The van der Waals surface area contributed by atoms with E-state index >= 15 is 0 Å². The highest BCUT2D eigenvalue weighted by Gasteiger charge is 2.31. The Hall–Kier alpha value is -3.88. The molecule has 0 saturated heterocycles. The van der Waals surface area contributed by atoms with Crippen molar-refractivity contribution in [2.24, 2.45) is 5.92 Å². The van der Waals surface area contributed by atoms with Crippen LogP contribution < -0.4 is 16.0 Å². The predicted octanol–water partition coefficient (Wildman–Crippen LogP) is 3.55. The minimum absolute atomic E-state index is 0.116. The lowest BCUT2D eigenvalue weighted by atomic mass is 10.0. The Labute approximate surface area is 231 Å². The van der Waals surface area contributed by atoms with Crippen LogP contribution in [0.25, 0.3) is 0 Å². The third-order valence-electron chi connectivity index (χ3n) is 5.72. The van der Waals surface area contributed by atoms with Crippen LogP contribution in [-0.2, 0) is 36.7 Å². The number of esters is 1. The van der Waals surface area contributed by atoms with Crippen LogP contribution in [0.2, 0.25) is 0 Å². The first-order valence-corrected chi connectivity index (χ1v) is 13.1. The van der Waals surface area contributed by atoms with Crippen molar-refractivity contribution in [3.05, 3.63) is 71.8 Å². The third kappa shape index (κ3) is 11.6. The van der Waals surface area contributed by atoms with E-state index in [4.69, 9.17) is 9.47 Å². The maximum absolute atomic E-state index is 13.6.